The van der Waals surface area contributed by atoms with Crippen LogP contribution in [0.2, 0.25) is 0 Å². The fraction of sp³-hybridized carbons (Fsp3) is 0.833. The molecule has 0 aliphatic carbocycles. The van der Waals surface area contributed by atoms with Gasteiger partial charge in [0.05, 0.1) is 6.61 Å². The van der Waals surface area contributed by atoms with E-state index in [0.717, 1.165) is 6.42 Å². The van der Waals surface area contributed by atoms with Crippen molar-refractivity contribution in [1.29, 1.82) is 0 Å². The first kappa shape index (κ1) is 7.92. The van der Waals surface area contributed by atoms with Gasteiger partial charge in [0, 0.05) is 0 Å². The van der Waals surface area contributed by atoms with Gasteiger partial charge in [-0.3, -0.25) is 0 Å². The van der Waals surface area contributed by atoms with Crippen molar-refractivity contribution in [3.8, 4) is 0 Å². The van der Waals surface area contributed by atoms with E-state index in [9.17, 15) is 0 Å². The van der Waals surface area contributed by atoms with Gasteiger partial charge in [-0.2, -0.15) is 0 Å². The Morgan fingerprint density at radius 3 is 2.75 bits per heavy atom. The molecule has 0 saturated carbocycles. The normalized spacial score (nSPS) is 9.75. The van der Waals surface area contributed by atoms with Gasteiger partial charge in [-0.15, -0.1) is 0 Å². The van der Waals surface area contributed by atoms with Crippen molar-refractivity contribution in [2.75, 3.05) is 6.61 Å². The maximum atomic E-state index is 4.80. The zero-order chi connectivity index (χ0) is 6.24. The van der Waals surface area contributed by atoms with Crippen molar-refractivity contribution in [3.05, 3.63) is 6.42 Å². The highest BCUT2D eigenvalue weighted by Crippen LogP contribution is 1.96. The first-order valence-electron chi connectivity index (χ1n) is 3.01. The maximum absolute atomic E-state index is 4.80. The monoisotopic (exact) mass is 116 g/mol. The zero-order valence-electron chi connectivity index (χ0n) is 5.39. The fourth-order valence-corrected chi connectivity index (χ4v) is 0.534. The van der Waals surface area contributed by atoms with Crippen molar-refractivity contribution >= 4 is 0 Å². The molecule has 1 radical (unpaired) electrons. The molecule has 0 spiro atoms. The summed E-state index contributed by atoms with van der Waals surface area (Å²) in [6.45, 7) is 2.75. The van der Waals surface area contributed by atoms with Crippen LogP contribution in [0.4, 0.5) is 0 Å². The average molecular weight is 116 g/mol. The summed E-state index contributed by atoms with van der Waals surface area (Å²) in [5.74, 6) is 4.80. The van der Waals surface area contributed by atoms with Crippen LogP contribution < -0.4 is 5.90 Å². The highest BCUT2D eigenvalue weighted by Gasteiger charge is 1.84. The lowest BCUT2D eigenvalue weighted by Gasteiger charge is -1.94. The summed E-state index contributed by atoms with van der Waals surface area (Å²) in [6, 6.07) is 0. The molecule has 0 atom stereocenters. The number of rotatable bonds is 5. The number of nitrogens with two attached hydrogens (primary N) is 1. The predicted molar refractivity (Wildman–Crippen MR) is 34.0 cm³/mol. The Kier molecular flexibility index (Phi) is 6.85. The van der Waals surface area contributed by atoms with Crippen molar-refractivity contribution < 1.29 is 4.84 Å². The first-order valence-corrected chi connectivity index (χ1v) is 3.01. The Bertz CT molecular complexity index is 33.5. The van der Waals surface area contributed by atoms with Gasteiger partial charge in [-0.05, 0) is 12.8 Å². The van der Waals surface area contributed by atoms with E-state index < -0.39 is 0 Å². The van der Waals surface area contributed by atoms with Crippen LogP contribution in [-0.4, -0.2) is 6.61 Å². The summed E-state index contributed by atoms with van der Waals surface area (Å²) in [7, 11) is 0. The van der Waals surface area contributed by atoms with Crippen LogP contribution in [0.5, 0.6) is 0 Å². The SMILES string of the molecule is C[CH]CCCCON. The highest BCUT2D eigenvalue weighted by atomic mass is 16.6. The van der Waals surface area contributed by atoms with Crippen molar-refractivity contribution in [3.63, 3.8) is 0 Å². The van der Waals surface area contributed by atoms with Gasteiger partial charge in [-0.25, -0.2) is 5.90 Å². The quantitative estimate of drug-likeness (QED) is 0.433. The maximum Gasteiger partial charge on any atom is 0.0679 e. The van der Waals surface area contributed by atoms with E-state index in [-0.39, 0.29) is 0 Å². The molecule has 49 valence electrons. The van der Waals surface area contributed by atoms with Crippen LogP contribution >= 0.6 is 0 Å². The lowest BCUT2D eigenvalue weighted by molar-refractivity contribution is 0.134. The third-order valence-electron chi connectivity index (χ3n) is 1.00. The van der Waals surface area contributed by atoms with Crippen LogP contribution in [0.3, 0.4) is 0 Å². The molecular formula is C6H14NO. The predicted octanol–water partition coefficient (Wildman–Crippen LogP) is 1.27. The summed E-state index contributed by atoms with van der Waals surface area (Å²) < 4.78 is 0. The second-order valence-corrected chi connectivity index (χ2v) is 1.77. The Labute approximate surface area is 51.0 Å². The summed E-state index contributed by atoms with van der Waals surface area (Å²) in [6.07, 6.45) is 5.58. The van der Waals surface area contributed by atoms with Crippen molar-refractivity contribution in [2.45, 2.75) is 26.2 Å². The Hall–Kier alpha value is -0.0800. The number of unbranched alkanes of at least 4 members (excludes halogenated alkanes) is 3. The molecule has 2 N–H and O–H groups in total. The molecule has 8 heavy (non-hydrogen) atoms. The molecule has 0 aliphatic heterocycles. The average Bonchev–Trinajstić information content (AvgIpc) is 1.81. The van der Waals surface area contributed by atoms with E-state index in [1.807, 2.05) is 0 Å². The Balaban J connectivity index is 2.53. The summed E-state index contributed by atoms with van der Waals surface area (Å²) in [5, 5.41) is 0. The standard InChI is InChI=1S/C6H14NO/c1-2-3-4-5-6-8-7/h2H,3-7H2,1H3. The van der Waals surface area contributed by atoms with Crippen LogP contribution in [0, 0.1) is 6.42 Å². The van der Waals surface area contributed by atoms with Gasteiger partial charge in [0.15, 0.2) is 0 Å². The van der Waals surface area contributed by atoms with Crippen LogP contribution in [0.1, 0.15) is 26.2 Å². The number of hydrogen-bond donors (Lipinski definition) is 1. The van der Waals surface area contributed by atoms with Gasteiger partial charge in [0.2, 0.25) is 0 Å². The molecule has 0 aromatic carbocycles. The lowest BCUT2D eigenvalue weighted by Crippen LogP contribution is -1.99. The van der Waals surface area contributed by atoms with E-state index in [1.54, 1.807) is 0 Å². The van der Waals surface area contributed by atoms with Gasteiger partial charge in [0.25, 0.3) is 0 Å². The fourth-order valence-electron chi connectivity index (χ4n) is 0.534. The second-order valence-electron chi connectivity index (χ2n) is 1.77. The topological polar surface area (TPSA) is 35.2 Å². The van der Waals surface area contributed by atoms with Crippen LogP contribution in [-0.2, 0) is 4.84 Å². The molecule has 2 nitrogen and oxygen atoms in total. The summed E-state index contributed by atoms with van der Waals surface area (Å²) in [4.78, 5) is 4.37. The van der Waals surface area contributed by atoms with Crippen LogP contribution in [0.15, 0.2) is 0 Å². The third-order valence-corrected chi connectivity index (χ3v) is 1.00. The van der Waals surface area contributed by atoms with E-state index in [4.69, 9.17) is 5.90 Å². The van der Waals surface area contributed by atoms with E-state index in [2.05, 4.69) is 18.2 Å². The highest BCUT2D eigenvalue weighted by molar-refractivity contribution is 4.54. The smallest absolute Gasteiger partial charge is 0.0679 e. The minimum Gasteiger partial charge on any atom is -0.305 e. The second kappa shape index (κ2) is 6.92. The van der Waals surface area contributed by atoms with Gasteiger partial charge in [-0.1, -0.05) is 19.8 Å². The minimum absolute atomic E-state index is 0.688. The summed E-state index contributed by atoms with van der Waals surface area (Å²) in [5.41, 5.74) is 0. The van der Waals surface area contributed by atoms with E-state index in [0.29, 0.717) is 6.61 Å². The Morgan fingerprint density at radius 1 is 1.50 bits per heavy atom. The molecule has 0 aliphatic rings. The molecular weight excluding hydrogens is 102 g/mol. The van der Waals surface area contributed by atoms with Crippen molar-refractivity contribution in [1.82, 2.24) is 0 Å². The molecule has 0 fully saturated rings. The molecule has 0 rings (SSSR count). The first-order chi connectivity index (χ1) is 3.91. The molecule has 0 aromatic heterocycles. The van der Waals surface area contributed by atoms with E-state index >= 15 is 0 Å². The molecule has 0 saturated heterocycles. The lowest BCUT2D eigenvalue weighted by atomic mass is 10.2. The molecule has 0 amide bonds. The zero-order valence-corrected chi connectivity index (χ0v) is 5.39. The molecule has 0 heterocycles. The Morgan fingerprint density at radius 2 is 2.25 bits per heavy atom. The van der Waals surface area contributed by atoms with Gasteiger partial charge >= 0.3 is 0 Å². The van der Waals surface area contributed by atoms with Crippen LogP contribution in [0.25, 0.3) is 0 Å². The van der Waals surface area contributed by atoms with Gasteiger partial charge < -0.3 is 4.84 Å². The van der Waals surface area contributed by atoms with E-state index in [1.165, 1.54) is 12.8 Å². The largest absolute Gasteiger partial charge is 0.305 e. The number of hydrogen-bond acceptors (Lipinski definition) is 2. The molecule has 0 unspecified atom stereocenters. The molecule has 0 bridgehead atoms. The van der Waals surface area contributed by atoms with Gasteiger partial charge in [0.1, 0.15) is 0 Å². The third kappa shape index (κ3) is 5.92. The summed E-state index contributed by atoms with van der Waals surface area (Å²) >= 11 is 0. The molecule has 0 aromatic rings. The minimum atomic E-state index is 0.688. The van der Waals surface area contributed by atoms with Crippen molar-refractivity contribution in [2.24, 2.45) is 5.90 Å². The molecule has 2 heteroatoms.